The first-order valence-electron chi connectivity index (χ1n) is 5.26. The van der Waals surface area contributed by atoms with Crippen LogP contribution in [0.15, 0.2) is 37.0 Å². The molecule has 0 heterocycles. The van der Waals surface area contributed by atoms with Gasteiger partial charge in [-0.3, -0.25) is 0 Å². The number of terminal acetylenes is 1. The number of fused-ring (bicyclic) bond motifs is 1. The third-order valence-electron chi connectivity index (χ3n) is 3.01. The van der Waals surface area contributed by atoms with Crippen molar-refractivity contribution >= 4 is 0 Å². The number of hydrogen-bond donors (Lipinski definition) is 0. The summed E-state index contributed by atoms with van der Waals surface area (Å²) in [6.07, 6.45) is 9.50. The van der Waals surface area contributed by atoms with E-state index < -0.39 is 0 Å². The molecule has 1 heteroatoms. The van der Waals surface area contributed by atoms with Crippen LogP contribution < -0.4 is 0 Å². The minimum atomic E-state index is 0.426. The van der Waals surface area contributed by atoms with Crippen LogP contribution in [0.2, 0.25) is 0 Å². The predicted octanol–water partition coefficient (Wildman–Crippen LogP) is 2.75. The molecule has 2 rings (SSSR count). The lowest BCUT2D eigenvalue weighted by Gasteiger charge is -2.25. The van der Waals surface area contributed by atoms with Crippen LogP contribution >= 0.6 is 0 Å². The molecule has 0 aliphatic heterocycles. The Balaban J connectivity index is 2.26. The fourth-order valence-electron chi connectivity index (χ4n) is 2.29. The highest BCUT2D eigenvalue weighted by Crippen LogP contribution is 2.35. The van der Waals surface area contributed by atoms with Crippen molar-refractivity contribution in [2.75, 3.05) is 6.54 Å². The molecule has 0 radical (unpaired) electrons. The van der Waals surface area contributed by atoms with Crippen molar-refractivity contribution in [1.29, 1.82) is 0 Å². The average molecular weight is 197 g/mol. The Morgan fingerprint density at radius 1 is 1.53 bits per heavy atom. The van der Waals surface area contributed by atoms with Gasteiger partial charge in [0.15, 0.2) is 0 Å². The second-order valence-corrected chi connectivity index (χ2v) is 3.81. The second-order valence-electron chi connectivity index (χ2n) is 3.81. The summed E-state index contributed by atoms with van der Waals surface area (Å²) in [5.74, 6) is 2.68. The van der Waals surface area contributed by atoms with Gasteiger partial charge >= 0.3 is 0 Å². The van der Waals surface area contributed by atoms with Gasteiger partial charge in [0.2, 0.25) is 0 Å². The maximum Gasteiger partial charge on any atom is 0.0792 e. The number of rotatable bonds is 3. The van der Waals surface area contributed by atoms with Crippen LogP contribution in [0.3, 0.4) is 0 Å². The maximum atomic E-state index is 5.35. The molecule has 15 heavy (non-hydrogen) atoms. The summed E-state index contributed by atoms with van der Waals surface area (Å²) < 4.78 is 0. The molecular weight excluding hydrogens is 182 g/mol. The maximum absolute atomic E-state index is 5.35. The molecule has 1 aliphatic carbocycles. The van der Waals surface area contributed by atoms with Crippen LogP contribution in [-0.4, -0.2) is 11.4 Å². The highest BCUT2D eigenvalue weighted by atomic mass is 15.1. The molecule has 0 saturated carbocycles. The first-order chi connectivity index (χ1) is 7.36. The summed E-state index contributed by atoms with van der Waals surface area (Å²) in [5.41, 5.74) is 2.86. The largest absolute Gasteiger partial charge is 0.360 e. The van der Waals surface area contributed by atoms with E-state index in [1.807, 2.05) is 6.20 Å². The Morgan fingerprint density at radius 3 is 3.07 bits per heavy atom. The van der Waals surface area contributed by atoms with E-state index in [0.717, 1.165) is 12.8 Å². The summed E-state index contributed by atoms with van der Waals surface area (Å²) in [6, 6.07) is 9.01. The smallest absolute Gasteiger partial charge is 0.0792 e. The fourth-order valence-corrected chi connectivity index (χ4v) is 2.29. The number of nitrogens with zero attached hydrogens (tertiary/aromatic N) is 1. The summed E-state index contributed by atoms with van der Waals surface area (Å²) >= 11 is 0. The lowest BCUT2D eigenvalue weighted by molar-refractivity contribution is 0.311. The van der Waals surface area contributed by atoms with Gasteiger partial charge in [-0.2, -0.15) is 0 Å². The predicted molar refractivity (Wildman–Crippen MR) is 63.2 cm³/mol. The molecular formula is C14H15N. The molecule has 0 saturated heterocycles. The highest BCUT2D eigenvalue weighted by Gasteiger charge is 2.24. The Labute approximate surface area is 91.4 Å². The zero-order valence-corrected chi connectivity index (χ0v) is 8.82. The topological polar surface area (TPSA) is 3.24 Å². The molecule has 0 aromatic heterocycles. The van der Waals surface area contributed by atoms with E-state index >= 15 is 0 Å². The van der Waals surface area contributed by atoms with Crippen molar-refractivity contribution in [2.45, 2.75) is 18.9 Å². The highest BCUT2D eigenvalue weighted by molar-refractivity contribution is 5.34. The molecule has 0 unspecified atom stereocenters. The standard InChI is InChI=1S/C14H15N/c1-3-11-15(4-2)14-10-9-12-7-5-6-8-13(12)14/h1,4-8,14H,2,9-11H2/t14-/m1/s1. The first kappa shape index (κ1) is 9.86. The normalized spacial score (nSPS) is 17.9. The molecule has 1 nitrogen and oxygen atoms in total. The van der Waals surface area contributed by atoms with E-state index in [0.29, 0.717) is 12.6 Å². The quantitative estimate of drug-likeness (QED) is 0.673. The lowest BCUT2D eigenvalue weighted by Crippen LogP contribution is -2.21. The molecule has 0 amide bonds. The van der Waals surface area contributed by atoms with Gasteiger partial charge < -0.3 is 4.90 Å². The van der Waals surface area contributed by atoms with Crippen molar-refractivity contribution in [3.8, 4) is 12.3 Å². The monoisotopic (exact) mass is 197 g/mol. The molecule has 0 spiro atoms. The van der Waals surface area contributed by atoms with Gasteiger partial charge in [-0.15, -0.1) is 6.42 Å². The minimum Gasteiger partial charge on any atom is -0.360 e. The van der Waals surface area contributed by atoms with Gasteiger partial charge in [-0.05, 0) is 30.2 Å². The molecule has 1 aliphatic rings. The van der Waals surface area contributed by atoms with Crippen molar-refractivity contribution in [3.05, 3.63) is 48.2 Å². The van der Waals surface area contributed by atoms with Crippen LogP contribution in [0.4, 0.5) is 0 Å². The first-order valence-corrected chi connectivity index (χ1v) is 5.26. The van der Waals surface area contributed by atoms with Gasteiger partial charge in [0, 0.05) is 0 Å². The van der Waals surface area contributed by atoms with Crippen molar-refractivity contribution in [1.82, 2.24) is 4.90 Å². The van der Waals surface area contributed by atoms with Gasteiger partial charge in [0.05, 0.1) is 12.6 Å². The van der Waals surface area contributed by atoms with E-state index in [9.17, 15) is 0 Å². The summed E-state index contributed by atoms with van der Waals surface area (Å²) in [6.45, 7) is 4.47. The Kier molecular flexibility index (Phi) is 2.78. The van der Waals surface area contributed by atoms with Gasteiger partial charge in [-0.1, -0.05) is 36.8 Å². The average Bonchev–Trinajstić information content (AvgIpc) is 2.70. The Hall–Kier alpha value is -1.68. The third-order valence-corrected chi connectivity index (χ3v) is 3.01. The molecule has 0 bridgehead atoms. The lowest BCUT2D eigenvalue weighted by atomic mass is 10.1. The molecule has 0 fully saturated rings. The molecule has 76 valence electrons. The number of benzene rings is 1. The second kappa shape index (κ2) is 4.23. The fraction of sp³-hybridized carbons (Fsp3) is 0.286. The van der Waals surface area contributed by atoms with E-state index in [2.05, 4.69) is 41.7 Å². The zero-order valence-electron chi connectivity index (χ0n) is 8.82. The van der Waals surface area contributed by atoms with Gasteiger partial charge in [0.1, 0.15) is 0 Å². The van der Waals surface area contributed by atoms with Crippen molar-refractivity contribution in [3.63, 3.8) is 0 Å². The summed E-state index contributed by atoms with van der Waals surface area (Å²) in [5, 5.41) is 0. The number of aryl methyl sites for hydroxylation is 1. The van der Waals surface area contributed by atoms with Gasteiger partial charge in [-0.25, -0.2) is 0 Å². The molecule has 1 atom stereocenters. The van der Waals surface area contributed by atoms with E-state index in [4.69, 9.17) is 6.42 Å². The van der Waals surface area contributed by atoms with E-state index in [1.54, 1.807) is 0 Å². The van der Waals surface area contributed by atoms with Crippen LogP contribution in [0.25, 0.3) is 0 Å². The van der Waals surface area contributed by atoms with Crippen LogP contribution in [-0.2, 0) is 6.42 Å². The van der Waals surface area contributed by atoms with Crippen molar-refractivity contribution in [2.24, 2.45) is 0 Å². The third kappa shape index (κ3) is 1.76. The minimum absolute atomic E-state index is 0.426. The Bertz CT molecular complexity index is 400. The Morgan fingerprint density at radius 2 is 2.33 bits per heavy atom. The van der Waals surface area contributed by atoms with Crippen LogP contribution in [0, 0.1) is 12.3 Å². The molecule has 1 aromatic carbocycles. The van der Waals surface area contributed by atoms with Gasteiger partial charge in [0.25, 0.3) is 0 Å². The van der Waals surface area contributed by atoms with Crippen LogP contribution in [0.5, 0.6) is 0 Å². The molecule has 1 aromatic rings. The van der Waals surface area contributed by atoms with E-state index in [1.165, 1.54) is 11.1 Å². The van der Waals surface area contributed by atoms with E-state index in [-0.39, 0.29) is 0 Å². The summed E-state index contributed by atoms with van der Waals surface area (Å²) in [4.78, 5) is 2.14. The zero-order chi connectivity index (χ0) is 10.7. The van der Waals surface area contributed by atoms with Crippen molar-refractivity contribution < 1.29 is 0 Å². The molecule has 0 N–H and O–H groups in total. The SMILES string of the molecule is C#CCN(C=C)[C@@H]1CCc2ccccc21. The number of hydrogen-bond acceptors (Lipinski definition) is 1. The van der Waals surface area contributed by atoms with Crippen LogP contribution in [0.1, 0.15) is 23.6 Å². The summed E-state index contributed by atoms with van der Waals surface area (Å²) in [7, 11) is 0.